The third-order valence-corrected chi connectivity index (χ3v) is 4.99. The number of nitrogens with one attached hydrogen (secondary N) is 1. The van der Waals surface area contributed by atoms with Crippen LogP contribution in [-0.4, -0.2) is 34.3 Å². The average Bonchev–Trinajstić information content (AvgIpc) is 3.11. The molecule has 0 saturated heterocycles. The van der Waals surface area contributed by atoms with Gasteiger partial charge >= 0.3 is 0 Å². The number of benzene rings is 1. The second-order valence-electron chi connectivity index (χ2n) is 5.82. The lowest BCUT2D eigenvalue weighted by Crippen LogP contribution is -2.25. The number of carbonyl (C=O) groups is 1. The minimum atomic E-state index is -0.00456. The van der Waals surface area contributed by atoms with Crippen LogP contribution in [0, 0.1) is 5.92 Å². The summed E-state index contributed by atoms with van der Waals surface area (Å²) in [6.07, 6.45) is 2.61. The van der Waals surface area contributed by atoms with Crippen LogP contribution in [0.25, 0.3) is 11.5 Å². The molecular weight excluding hydrogens is 330 g/mol. The van der Waals surface area contributed by atoms with Crippen LogP contribution in [0.3, 0.4) is 0 Å². The van der Waals surface area contributed by atoms with E-state index in [0.717, 1.165) is 17.2 Å². The van der Waals surface area contributed by atoms with Crippen LogP contribution < -0.4 is 14.8 Å². The van der Waals surface area contributed by atoms with E-state index < -0.39 is 0 Å². The van der Waals surface area contributed by atoms with E-state index in [4.69, 9.17) is 14.0 Å². The fourth-order valence-corrected chi connectivity index (χ4v) is 3.38. The first-order valence-electron chi connectivity index (χ1n) is 7.85. The van der Waals surface area contributed by atoms with Gasteiger partial charge in [0.2, 0.25) is 12.7 Å². The molecule has 126 valence electrons. The largest absolute Gasteiger partial charge is 0.454 e. The summed E-state index contributed by atoms with van der Waals surface area (Å²) in [6, 6.07) is 5.44. The van der Waals surface area contributed by atoms with Crippen LogP contribution >= 0.6 is 11.8 Å². The summed E-state index contributed by atoms with van der Waals surface area (Å²) in [4.78, 5) is 16.1. The maximum absolute atomic E-state index is 11.8. The fourth-order valence-electron chi connectivity index (χ4n) is 2.30. The summed E-state index contributed by atoms with van der Waals surface area (Å²) in [5, 5.41) is 6.71. The van der Waals surface area contributed by atoms with E-state index in [0.29, 0.717) is 29.0 Å². The van der Waals surface area contributed by atoms with Gasteiger partial charge in [-0.1, -0.05) is 5.16 Å². The topological polar surface area (TPSA) is 86.5 Å². The summed E-state index contributed by atoms with van der Waals surface area (Å²) in [7, 11) is 0. The van der Waals surface area contributed by atoms with Gasteiger partial charge in [0, 0.05) is 5.56 Å². The molecule has 4 rings (SSSR count). The molecular formula is C16H17N3O4S. The fraction of sp³-hybridized carbons (Fsp3) is 0.438. The van der Waals surface area contributed by atoms with Crippen LogP contribution in [0.2, 0.25) is 0 Å². The van der Waals surface area contributed by atoms with Gasteiger partial charge in [0.1, 0.15) is 0 Å². The molecule has 1 saturated carbocycles. The van der Waals surface area contributed by atoms with Crippen LogP contribution in [-0.2, 0) is 11.3 Å². The molecule has 1 N–H and O–H groups in total. The van der Waals surface area contributed by atoms with Gasteiger partial charge in [-0.05, 0) is 42.7 Å². The van der Waals surface area contributed by atoms with Gasteiger partial charge in [0.25, 0.3) is 5.89 Å². The maximum Gasteiger partial charge on any atom is 0.258 e. The van der Waals surface area contributed by atoms with Crippen molar-refractivity contribution in [2.24, 2.45) is 5.92 Å². The predicted molar refractivity (Wildman–Crippen MR) is 87.8 cm³/mol. The van der Waals surface area contributed by atoms with Crippen molar-refractivity contribution in [2.45, 2.75) is 19.4 Å². The molecule has 1 aliphatic carbocycles. The Morgan fingerprint density at radius 2 is 2.17 bits per heavy atom. The van der Waals surface area contributed by atoms with E-state index in [2.05, 4.69) is 15.5 Å². The van der Waals surface area contributed by atoms with Gasteiger partial charge in [-0.2, -0.15) is 16.7 Å². The summed E-state index contributed by atoms with van der Waals surface area (Å²) in [5.41, 5.74) is 0.754. The average molecular weight is 347 g/mol. The molecule has 1 aromatic heterocycles. The van der Waals surface area contributed by atoms with E-state index in [-0.39, 0.29) is 19.2 Å². The summed E-state index contributed by atoms with van der Waals surface area (Å²) in [5.74, 6) is 4.57. The Kier molecular flexibility index (Phi) is 4.29. The Balaban J connectivity index is 1.30. The Bertz CT molecular complexity index is 745. The number of fused-ring (bicyclic) bond motifs is 1. The first kappa shape index (κ1) is 15.3. The molecule has 24 heavy (non-hydrogen) atoms. The van der Waals surface area contributed by atoms with Crippen LogP contribution in [0.4, 0.5) is 0 Å². The Labute approximate surface area is 143 Å². The van der Waals surface area contributed by atoms with Crippen molar-refractivity contribution in [2.75, 3.05) is 18.3 Å². The number of ether oxygens (including phenoxy) is 2. The number of carbonyl (C=O) groups excluding carboxylic acids is 1. The Hall–Kier alpha value is -2.22. The van der Waals surface area contributed by atoms with Crippen molar-refractivity contribution < 1.29 is 18.8 Å². The molecule has 7 nitrogen and oxygen atoms in total. The van der Waals surface area contributed by atoms with Crippen molar-refractivity contribution in [3.05, 3.63) is 24.0 Å². The number of aromatic nitrogens is 2. The summed E-state index contributed by atoms with van der Waals surface area (Å²) in [6.45, 7) is 0.482. The van der Waals surface area contributed by atoms with Gasteiger partial charge in [-0.3, -0.25) is 4.79 Å². The molecule has 1 aliphatic heterocycles. The van der Waals surface area contributed by atoms with E-state index >= 15 is 0 Å². The van der Waals surface area contributed by atoms with Crippen LogP contribution in [0.1, 0.15) is 18.7 Å². The number of hydrogen-bond acceptors (Lipinski definition) is 7. The predicted octanol–water partition coefficient (Wildman–Crippen LogP) is 2.22. The molecule has 0 bridgehead atoms. The molecule has 1 aromatic carbocycles. The molecule has 0 atom stereocenters. The van der Waals surface area contributed by atoms with Gasteiger partial charge in [0.05, 0.1) is 12.3 Å². The lowest BCUT2D eigenvalue weighted by Gasteiger charge is -2.01. The zero-order chi connectivity index (χ0) is 16.4. The lowest BCUT2D eigenvalue weighted by molar-refractivity contribution is -0.118. The number of hydrogen-bond donors (Lipinski definition) is 1. The molecule has 8 heteroatoms. The summed E-state index contributed by atoms with van der Waals surface area (Å²) >= 11 is 1.68. The third-order valence-electron chi connectivity index (χ3n) is 3.81. The Morgan fingerprint density at radius 3 is 3.04 bits per heavy atom. The van der Waals surface area contributed by atoms with Gasteiger partial charge in [-0.15, -0.1) is 0 Å². The highest BCUT2D eigenvalue weighted by atomic mass is 32.2. The Morgan fingerprint density at radius 1 is 1.29 bits per heavy atom. The van der Waals surface area contributed by atoms with Crippen molar-refractivity contribution in [1.29, 1.82) is 0 Å². The van der Waals surface area contributed by atoms with Crippen molar-refractivity contribution in [3.8, 4) is 23.0 Å². The number of rotatable bonds is 7. The molecule has 0 radical (unpaired) electrons. The highest BCUT2D eigenvalue weighted by Crippen LogP contribution is 2.35. The van der Waals surface area contributed by atoms with Gasteiger partial charge in [-0.25, -0.2) is 0 Å². The normalized spacial score (nSPS) is 15.5. The molecule has 2 aliphatic rings. The molecule has 2 aromatic rings. The SMILES string of the molecule is O=C(CSCC1CC1)NCc1noc(-c2ccc3c(c2)OCO3)n1. The number of amides is 1. The highest BCUT2D eigenvalue weighted by Gasteiger charge is 2.21. The van der Waals surface area contributed by atoms with Crippen molar-refractivity contribution in [1.82, 2.24) is 15.5 Å². The molecule has 1 fully saturated rings. The minimum Gasteiger partial charge on any atom is -0.454 e. The molecule has 0 unspecified atom stereocenters. The van der Waals surface area contributed by atoms with E-state index in [1.165, 1.54) is 12.8 Å². The van der Waals surface area contributed by atoms with E-state index in [9.17, 15) is 4.79 Å². The second kappa shape index (κ2) is 6.72. The monoisotopic (exact) mass is 347 g/mol. The summed E-state index contributed by atoms with van der Waals surface area (Å²) < 4.78 is 15.9. The smallest absolute Gasteiger partial charge is 0.258 e. The maximum atomic E-state index is 11.8. The highest BCUT2D eigenvalue weighted by molar-refractivity contribution is 7.99. The minimum absolute atomic E-state index is 0.00456. The molecule has 0 spiro atoms. The molecule has 2 heterocycles. The van der Waals surface area contributed by atoms with Gasteiger partial charge in [0.15, 0.2) is 17.3 Å². The zero-order valence-corrected chi connectivity index (χ0v) is 13.8. The molecule has 1 amide bonds. The van der Waals surface area contributed by atoms with Crippen molar-refractivity contribution >= 4 is 17.7 Å². The first-order valence-corrected chi connectivity index (χ1v) is 9.00. The first-order chi connectivity index (χ1) is 11.8. The van der Waals surface area contributed by atoms with Crippen LogP contribution in [0.15, 0.2) is 22.7 Å². The van der Waals surface area contributed by atoms with E-state index in [1.807, 2.05) is 6.07 Å². The third kappa shape index (κ3) is 3.64. The lowest BCUT2D eigenvalue weighted by atomic mass is 10.2. The number of thioether (sulfide) groups is 1. The van der Waals surface area contributed by atoms with Crippen molar-refractivity contribution in [3.63, 3.8) is 0 Å². The van der Waals surface area contributed by atoms with Gasteiger partial charge < -0.3 is 19.3 Å². The zero-order valence-electron chi connectivity index (χ0n) is 13.0. The standard InChI is InChI=1S/C16H17N3O4S/c20-15(8-24-7-10-1-2-10)17-6-14-18-16(23-19-14)11-3-4-12-13(5-11)22-9-21-12/h3-5,10H,1-2,6-9H2,(H,17,20). The second-order valence-corrected chi connectivity index (χ2v) is 6.85. The van der Waals surface area contributed by atoms with E-state index in [1.54, 1.807) is 23.9 Å². The number of nitrogens with zero attached hydrogens (tertiary/aromatic N) is 2. The van der Waals surface area contributed by atoms with Crippen LogP contribution in [0.5, 0.6) is 11.5 Å². The quantitative estimate of drug-likeness (QED) is 0.822.